The number of carbonyl (C=O) groups is 1. The van der Waals surface area contributed by atoms with Gasteiger partial charge in [0, 0.05) is 37.8 Å². The Balaban J connectivity index is 1.81. The maximum atomic E-state index is 13.5. The highest BCUT2D eigenvalue weighted by Crippen LogP contribution is 2.30. The number of hydrogen-bond donors (Lipinski definition) is 2. The van der Waals surface area contributed by atoms with Gasteiger partial charge in [0.05, 0.1) is 17.3 Å². The lowest BCUT2D eigenvalue weighted by Crippen LogP contribution is -2.18. The maximum Gasteiger partial charge on any atom is 0.253 e. The van der Waals surface area contributed by atoms with Gasteiger partial charge in [0.2, 0.25) is 0 Å². The number of carbonyl (C=O) groups excluding carboxylic acids is 1. The number of benzene rings is 2. The molecule has 4 aromatic rings. The Morgan fingerprint density at radius 2 is 2.03 bits per heavy atom. The van der Waals surface area contributed by atoms with Gasteiger partial charge in [-0.05, 0) is 35.4 Å². The fourth-order valence-corrected chi connectivity index (χ4v) is 3.19. The zero-order valence-corrected chi connectivity index (χ0v) is 16.0. The molecule has 2 heterocycles. The van der Waals surface area contributed by atoms with Gasteiger partial charge in [0.1, 0.15) is 18.0 Å². The van der Waals surface area contributed by atoms with Crippen molar-refractivity contribution in [1.29, 1.82) is 0 Å². The number of halogens is 1. The Hall–Kier alpha value is -3.81. The zero-order chi connectivity index (χ0) is 20.4. The van der Waals surface area contributed by atoms with Gasteiger partial charge < -0.3 is 10.6 Å². The van der Waals surface area contributed by atoms with Gasteiger partial charge in [0.15, 0.2) is 0 Å². The van der Waals surface area contributed by atoms with E-state index < -0.39 is 0 Å². The normalized spacial score (nSPS) is 10.9. The molecule has 2 aromatic carbocycles. The van der Waals surface area contributed by atoms with Gasteiger partial charge in [-0.2, -0.15) is 5.10 Å². The fraction of sp³-hybridized carbons (Fsp3) is 0.143. The first kappa shape index (κ1) is 18.5. The number of aromatic nitrogens is 4. The van der Waals surface area contributed by atoms with Crippen molar-refractivity contribution in [2.45, 2.75) is 6.54 Å². The fourth-order valence-electron chi connectivity index (χ4n) is 3.19. The Morgan fingerprint density at radius 3 is 2.76 bits per heavy atom. The van der Waals surface area contributed by atoms with E-state index in [0.29, 0.717) is 28.8 Å². The molecule has 146 valence electrons. The maximum absolute atomic E-state index is 13.5. The van der Waals surface area contributed by atoms with Crippen molar-refractivity contribution in [2.24, 2.45) is 7.05 Å². The highest BCUT2D eigenvalue weighted by molar-refractivity contribution is 6.09. The highest BCUT2D eigenvalue weighted by atomic mass is 19.1. The first-order valence-corrected chi connectivity index (χ1v) is 9.03. The molecule has 0 fully saturated rings. The van der Waals surface area contributed by atoms with Gasteiger partial charge in [0.25, 0.3) is 5.91 Å². The monoisotopic (exact) mass is 390 g/mol. The van der Waals surface area contributed by atoms with E-state index in [0.717, 1.165) is 16.7 Å². The van der Waals surface area contributed by atoms with Gasteiger partial charge in [-0.3, -0.25) is 9.48 Å². The summed E-state index contributed by atoms with van der Waals surface area (Å²) >= 11 is 0. The van der Waals surface area contributed by atoms with E-state index in [1.54, 1.807) is 30.1 Å². The van der Waals surface area contributed by atoms with Crippen LogP contribution in [-0.4, -0.2) is 32.7 Å². The van der Waals surface area contributed by atoms with E-state index in [9.17, 15) is 9.18 Å². The molecule has 2 N–H and O–H groups in total. The minimum absolute atomic E-state index is 0.240. The summed E-state index contributed by atoms with van der Waals surface area (Å²) in [6, 6.07) is 10.1. The first-order chi connectivity index (χ1) is 14.0. The summed E-state index contributed by atoms with van der Waals surface area (Å²) in [5.74, 6) is 0.0308. The van der Waals surface area contributed by atoms with Crippen LogP contribution in [0.25, 0.3) is 22.0 Å². The molecule has 2 aromatic heterocycles. The summed E-state index contributed by atoms with van der Waals surface area (Å²) in [7, 11) is 3.41. The second-order valence-corrected chi connectivity index (χ2v) is 6.61. The molecule has 1 amide bonds. The van der Waals surface area contributed by atoms with Crippen LogP contribution in [0.15, 0.2) is 55.1 Å². The van der Waals surface area contributed by atoms with E-state index in [1.165, 1.54) is 18.5 Å². The van der Waals surface area contributed by atoms with Gasteiger partial charge in [-0.1, -0.05) is 12.1 Å². The second-order valence-electron chi connectivity index (χ2n) is 6.61. The highest BCUT2D eigenvalue weighted by Gasteiger charge is 2.16. The molecule has 0 atom stereocenters. The lowest BCUT2D eigenvalue weighted by atomic mass is 10.0. The van der Waals surface area contributed by atoms with Crippen LogP contribution in [-0.2, 0) is 13.6 Å². The van der Waals surface area contributed by atoms with E-state index in [1.807, 2.05) is 25.4 Å². The molecule has 4 rings (SSSR count). The third-order valence-corrected chi connectivity index (χ3v) is 4.60. The average Bonchev–Trinajstić information content (AvgIpc) is 3.17. The Bertz CT molecular complexity index is 1200. The summed E-state index contributed by atoms with van der Waals surface area (Å²) in [4.78, 5) is 21.2. The van der Waals surface area contributed by atoms with Crippen LogP contribution in [0, 0.1) is 5.82 Å². The molecule has 0 radical (unpaired) electrons. The van der Waals surface area contributed by atoms with Crippen molar-refractivity contribution in [3.8, 4) is 11.1 Å². The van der Waals surface area contributed by atoms with Crippen LogP contribution >= 0.6 is 0 Å². The lowest BCUT2D eigenvalue weighted by molar-refractivity contribution is 0.0964. The van der Waals surface area contributed by atoms with Crippen molar-refractivity contribution >= 4 is 22.6 Å². The minimum atomic E-state index is -0.294. The van der Waals surface area contributed by atoms with Crippen LogP contribution in [0.3, 0.4) is 0 Å². The first-order valence-electron chi connectivity index (χ1n) is 9.03. The van der Waals surface area contributed by atoms with Crippen molar-refractivity contribution < 1.29 is 9.18 Å². The van der Waals surface area contributed by atoms with Gasteiger partial charge in [-0.25, -0.2) is 14.4 Å². The zero-order valence-electron chi connectivity index (χ0n) is 16.0. The van der Waals surface area contributed by atoms with Crippen molar-refractivity contribution in [2.75, 3.05) is 12.4 Å². The lowest BCUT2D eigenvalue weighted by Gasteiger charge is -2.12. The summed E-state index contributed by atoms with van der Waals surface area (Å²) in [6.07, 6.45) is 5.02. The predicted molar refractivity (Wildman–Crippen MR) is 109 cm³/mol. The quantitative estimate of drug-likeness (QED) is 0.547. The van der Waals surface area contributed by atoms with E-state index in [-0.39, 0.29) is 11.7 Å². The van der Waals surface area contributed by atoms with Crippen LogP contribution in [0.1, 0.15) is 15.9 Å². The van der Waals surface area contributed by atoms with E-state index >= 15 is 0 Å². The second kappa shape index (κ2) is 7.67. The molecular formula is C21H19FN6O. The van der Waals surface area contributed by atoms with E-state index in [2.05, 4.69) is 25.7 Å². The third-order valence-electron chi connectivity index (χ3n) is 4.60. The smallest absolute Gasteiger partial charge is 0.253 e. The summed E-state index contributed by atoms with van der Waals surface area (Å²) in [5, 5.41) is 10.8. The Kier molecular flexibility index (Phi) is 4.90. The molecule has 0 bridgehead atoms. The number of hydrogen-bond acceptors (Lipinski definition) is 5. The van der Waals surface area contributed by atoms with Crippen molar-refractivity contribution in [3.05, 3.63) is 72.1 Å². The molecule has 0 saturated heterocycles. The molecule has 0 aliphatic heterocycles. The Morgan fingerprint density at radius 1 is 1.17 bits per heavy atom. The topological polar surface area (TPSA) is 84.7 Å². The summed E-state index contributed by atoms with van der Waals surface area (Å²) in [6.45, 7) is 0.385. The molecule has 0 aliphatic carbocycles. The molecule has 0 aliphatic rings. The Labute approximate surface area is 166 Å². The third kappa shape index (κ3) is 3.77. The number of rotatable bonds is 5. The minimum Gasteiger partial charge on any atom is -0.365 e. The summed E-state index contributed by atoms with van der Waals surface area (Å²) < 4.78 is 15.2. The van der Waals surface area contributed by atoms with Crippen molar-refractivity contribution in [3.63, 3.8) is 0 Å². The predicted octanol–water partition coefficient (Wildman–Crippen LogP) is 3.14. The molecular weight excluding hydrogens is 371 g/mol. The van der Waals surface area contributed by atoms with Crippen molar-refractivity contribution in [1.82, 2.24) is 25.1 Å². The number of fused-ring (bicyclic) bond motifs is 1. The summed E-state index contributed by atoms with van der Waals surface area (Å²) in [5.41, 5.74) is 3.47. The van der Waals surface area contributed by atoms with Crippen LogP contribution in [0.4, 0.5) is 10.2 Å². The SMILES string of the molecule is CNC(=O)c1cc(-c2cnn(C)c2)cc2c(NCc3cccc(F)c3)ncnc12. The van der Waals surface area contributed by atoms with Crippen LogP contribution in [0.2, 0.25) is 0 Å². The molecule has 8 heteroatoms. The van der Waals surface area contributed by atoms with Gasteiger partial charge >= 0.3 is 0 Å². The van der Waals surface area contributed by atoms with Crippen LogP contribution < -0.4 is 10.6 Å². The number of aryl methyl sites for hydroxylation is 1. The standard InChI is InChI=1S/C21H19FN6O/c1-23-21(29)18-8-14(15-10-27-28(2)11-15)7-17-19(18)25-12-26-20(17)24-9-13-4-3-5-16(22)6-13/h3-8,10-12H,9H2,1-2H3,(H,23,29)(H,24,25,26). The molecule has 29 heavy (non-hydrogen) atoms. The van der Waals surface area contributed by atoms with Gasteiger partial charge in [-0.15, -0.1) is 0 Å². The average molecular weight is 390 g/mol. The largest absolute Gasteiger partial charge is 0.365 e. The van der Waals surface area contributed by atoms with E-state index in [4.69, 9.17) is 0 Å². The molecule has 0 spiro atoms. The number of amides is 1. The molecule has 0 saturated carbocycles. The molecule has 0 unspecified atom stereocenters. The number of nitrogens with one attached hydrogen (secondary N) is 2. The number of anilines is 1. The van der Waals surface area contributed by atoms with Crippen LogP contribution in [0.5, 0.6) is 0 Å². The number of nitrogens with zero attached hydrogens (tertiary/aromatic N) is 4. The molecule has 7 nitrogen and oxygen atoms in total.